The van der Waals surface area contributed by atoms with E-state index in [0.717, 1.165) is 34.5 Å². The number of piperidine rings is 1. The zero-order valence-corrected chi connectivity index (χ0v) is 21.9. The molecule has 198 valence electrons. The summed E-state index contributed by atoms with van der Waals surface area (Å²) in [6.07, 6.45) is 3.95. The maximum absolute atomic E-state index is 6.04. The Bertz CT molecular complexity index is 1290. The zero-order valence-electron chi connectivity index (χ0n) is 21.9. The van der Waals surface area contributed by atoms with Crippen LogP contribution in [0.25, 0.3) is 11.1 Å². The number of hydrogen-bond acceptors (Lipinski definition) is 8. The van der Waals surface area contributed by atoms with Gasteiger partial charge in [0.2, 0.25) is 25.1 Å². The number of hydrogen-bond donors (Lipinski definition) is 0. The molecule has 0 aromatic heterocycles. The molecule has 0 bridgehead atoms. The van der Waals surface area contributed by atoms with Crippen molar-refractivity contribution in [2.75, 3.05) is 45.8 Å². The number of anilines is 1. The summed E-state index contributed by atoms with van der Waals surface area (Å²) in [5.74, 6) is 3.94. The molecule has 0 radical (unpaired) electrons. The van der Waals surface area contributed by atoms with E-state index in [0.29, 0.717) is 47.6 Å². The van der Waals surface area contributed by atoms with Crippen LogP contribution in [0.15, 0.2) is 36.4 Å². The molecule has 1 saturated heterocycles. The maximum Gasteiger partial charge on any atom is 0.231 e. The van der Waals surface area contributed by atoms with Gasteiger partial charge in [-0.2, -0.15) is 0 Å². The average Bonchev–Trinajstić information content (AvgIpc) is 3.61. The predicted molar refractivity (Wildman–Crippen MR) is 143 cm³/mol. The van der Waals surface area contributed by atoms with Gasteiger partial charge in [-0.3, -0.25) is 4.90 Å². The summed E-state index contributed by atoms with van der Waals surface area (Å²) in [4.78, 5) is 4.93. The Morgan fingerprint density at radius 3 is 1.74 bits per heavy atom. The normalized spacial score (nSPS) is 17.6. The van der Waals surface area contributed by atoms with Crippen LogP contribution < -0.4 is 33.3 Å². The van der Waals surface area contributed by atoms with Crippen LogP contribution in [0.2, 0.25) is 0 Å². The zero-order chi connectivity index (χ0) is 25.6. The molecule has 8 nitrogen and oxygen atoms in total. The van der Waals surface area contributed by atoms with Crippen LogP contribution in [0.3, 0.4) is 0 Å². The molecule has 0 saturated carbocycles. The number of benzene rings is 3. The van der Waals surface area contributed by atoms with Gasteiger partial charge in [-0.15, -0.1) is 0 Å². The second-order valence-corrected chi connectivity index (χ2v) is 10.2. The number of methoxy groups -OCH3 is 2. The van der Waals surface area contributed by atoms with Crippen LogP contribution >= 0.6 is 0 Å². The van der Waals surface area contributed by atoms with Crippen molar-refractivity contribution in [3.63, 3.8) is 0 Å². The van der Waals surface area contributed by atoms with Gasteiger partial charge in [0.1, 0.15) is 0 Å². The van der Waals surface area contributed by atoms with Gasteiger partial charge in [-0.1, -0.05) is 18.6 Å². The third-order valence-electron chi connectivity index (χ3n) is 7.95. The fourth-order valence-electron chi connectivity index (χ4n) is 6.12. The monoisotopic (exact) mass is 516 g/mol. The Kier molecular flexibility index (Phi) is 5.84. The van der Waals surface area contributed by atoms with E-state index in [-0.39, 0.29) is 13.6 Å². The van der Waals surface area contributed by atoms with Crippen LogP contribution in [0, 0.1) is 0 Å². The molecule has 8 heteroatoms. The number of ether oxygens (including phenoxy) is 6. The van der Waals surface area contributed by atoms with Crippen molar-refractivity contribution in [1.29, 1.82) is 0 Å². The Balaban J connectivity index is 1.32. The lowest BCUT2D eigenvalue weighted by molar-refractivity contribution is 0.170. The average molecular weight is 517 g/mol. The molecule has 7 rings (SSSR count). The standard InChI is InChI=1S/C30H32N2O6/c1-33-23-12-20-15-32(22-8-6-19(7-9-22)14-31-10-4-3-5-11-31)16-21-13-24(34-2)28-30(38-18-36-28)26(21)25(20)29-27(23)35-17-37-29/h6-9,12-13H,3-5,10-11,14-18H2,1-2H3. The molecule has 0 aliphatic carbocycles. The highest BCUT2D eigenvalue weighted by Crippen LogP contribution is 2.57. The molecule has 3 aromatic carbocycles. The first-order valence-corrected chi connectivity index (χ1v) is 13.3. The maximum atomic E-state index is 6.04. The van der Waals surface area contributed by atoms with E-state index in [1.165, 1.54) is 37.9 Å². The van der Waals surface area contributed by atoms with E-state index in [2.05, 4.69) is 46.2 Å². The van der Waals surface area contributed by atoms with Crippen molar-refractivity contribution in [3.05, 3.63) is 53.1 Å². The molecular formula is C30H32N2O6. The van der Waals surface area contributed by atoms with E-state index in [1.54, 1.807) is 14.2 Å². The van der Waals surface area contributed by atoms with E-state index >= 15 is 0 Å². The smallest absolute Gasteiger partial charge is 0.231 e. The van der Waals surface area contributed by atoms with Crippen molar-refractivity contribution in [2.24, 2.45) is 0 Å². The van der Waals surface area contributed by atoms with Crippen molar-refractivity contribution >= 4 is 5.69 Å². The van der Waals surface area contributed by atoms with Gasteiger partial charge in [-0.25, -0.2) is 0 Å². The van der Waals surface area contributed by atoms with Crippen LogP contribution in [0.4, 0.5) is 5.69 Å². The minimum Gasteiger partial charge on any atom is -0.493 e. The summed E-state index contributed by atoms with van der Waals surface area (Å²) >= 11 is 0. The first kappa shape index (κ1) is 23.3. The van der Waals surface area contributed by atoms with Gasteiger partial charge in [0, 0.05) is 36.4 Å². The van der Waals surface area contributed by atoms with Crippen LogP contribution in [-0.4, -0.2) is 45.8 Å². The summed E-state index contributed by atoms with van der Waals surface area (Å²) in [5.41, 5.74) is 6.57. The highest BCUT2D eigenvalue weighted by Gasteiger charge is 2.36. The quantitative estimate of drug-likeness (QED) is 0.451. The summed E-state index contributed by atoms with van der Waals surface area (Å²) in [6, 6.07) is 13.1. The molecule has 0 amide bonds. The highest BCUT2D eigenvalue weighted by molar-refractivity contribution is 5.89. The topological polar surface area (TPSA) is 61.9 Å². The van der Waals surface area contributed by atoms with Gasteiger partial charge in [0.15, 0.2) is 23.0 Å². The molecule has 4 aliphatic heterocycles. The number of fused-ring (bicyclic) bond motifs is 7. The molecule has 0 atom stereocenters. The van der Waals surface area contributed by atoms with E-state index in [4.69, 9.17) is 28.4 Å². The molecule has 3 aromatic rings. The second kappa shape index (κ2) is 9.51. The van der Waals surface area contributed by atoms with Crippen molar-refractivity contribution in [3.8, 4) is 45.6 Å². The summed E-state index contributed by atoms with van der Waals surface area (Å²) in [5, 5.41) is 0. The predicted octanol–water partition coefficient (Wildman–Crippen LogP) is 5.33. The fourth-order valence-corrected chi connectivity index (χ4v) is 6.12. The molecule has 0 spiro atoms. The molecule has 38 heavy (non-hydrogen) atoms. The van der Waals surface area contributed by atoms with Gasteiger partial charge < -0.3 is 33.3 Å². The number of likely N-dealkylation sites (tertiary alicyclic amines) is 1. The number of nitrogens with zero attached hydrogens (tertiary/aromatic N) is 2. The summed E-state index contributed by atoms with van der Waals surface area (Å²) < 4.78 is 35.2. The fraction of sp³-hybridized carbons (Fsp3) is 0.400. The highest BCUT2D eigenvalue weighted by atomic mass is 16.7. The van der Waals surface area contributed by atoms with Crippen LogP contribution in [0.1, 0.15) is 36.0 Å². The minimum absolute atomic E-state index is 0.148. The van der Waals surface area contributed by atoms with Crippen LogP contribution in [-0.2, 0) is 19.6 Å². The first-order chi connectivity index (χ1) is 18.7. The SMILES string of the molecule is COc1cc2c(c3c1OCO3)-c1c(cc(OC)c3c1OCO3)CN(c1ccc(CN3CCCCC3)cc1)C2. The lowest BCUT2D eigenvalue weighted by atomic mass is 9.93. The lowest BCUT2D eigenvalue weighted by Crippen LogP contribution is -2.29. The minimum atomic E-state index is 0.148. The molecule has 0 N–H and O–H groups in total. The molecule has 4 aliphatic rings. The van der Waals surface area contributed by atoms with Crippen LogP contribution in [0.5, 0.6) is 34.5 Å². The second-order valence-electron chi connectivity index (χ2n) is 10.2. The Labute approximate surface area is 222 Å². The number of rotatable bonds is 5. The Morgan fingerprint density at radius 2 is 1.21 bits per heavy atom. The molecule has 1 fully saturated rings. The molecular weight excluding hydrogens is 484 g/mol. The van der Waals surface area contributed by atoms with Crippen molar-refractivity contribution < 1.29 is 28.4 Å². The Morgan fingerprint density at radius 1 is 0.684 bits per heavy atom. The lowest BCUT2D eigenvalue weighted by Gasteiger charge is -2.27. The van der Waals surface area contributed by atoms with Gasteiger partial charge in [0.25, 0.3) is 0 Å². The van der Waals surface area contributed by atoms with Gasteiger partial charge in [0.05, 0.1) is 14.2 Å². The van der Waals surface area contributed by atoms with E-state index < -0.39 is 0 Å². The van der Waals surface area contributed by atoms with Gasteiger partial charge in [-0.05, 0) is 66.9 Å². The van der Waals surface area contributed by atoms with Crippen molar-refractivity contribution in [1.82, 2.24) is 4.90 Å². The molecule has 4 heterocycles. The van der Waals surface area contributed by atoms with Gasteiger partial charge >= 0.3 is 0 Å². The Hall–Kier alpha value is -3.78. The summed E-state index contributed by atoms with van der Waals surface area (Å²) in [6.45, 7) is 5.02. The summed E-state index contributed by atoms with van der Waals surface area (Å²) in [7, 11) is 3.32. The van der Waals surface area contributed by atoms with Crippen molar-refractivity contribution in [2.45, 2.75) is 38.9 Å². The largest absolute Gasteiger partial charge is 0.493 e. The van der Waals surface area contributed by atoms with E-state index in [9.17, 15) is 0 Å². The first-order valence-electron chi connectivity index (χ1n) is 13.3. The molecule has 0 unspecified atom stereocenters. The van der Waals surface area contributed by atoms with E-state index in [1.807, 2.05) is 0 Å². The third kappa shape index (κ3) is 3.86. The third-order valence-corrected chi connectivity index (χ3v) is 7.95.